The molecule has 0 aliphatic carbocycles. The Morgan fingerprint density at radius 1 is 1.28 bits per heavy atom. The second-order valence-corrected chi connectivity index (χ2v) is 5.47. The molecular formula is C15H22FNO. The van der Waals surface area contributed by atoms with Crippen LogP contribution < -0.4 is 0 Å². The van der Waals surface area contributed by atoms with Crippen LogP contribution >= 0.6 is 0 Å². The Hall–Kier alpha value is -1.19. The quantitative estimate of drug-likeness (QED) is 0.840. The van der Waals surface area contributed by atoms with Gasteiger partial charge in [-0.2, -0.15) is 0 Å². The molecule has 0 bridgehead atoms. The summed E-state index contributed by atoms with van der Waals surface area (Å²) >= 11 is 0. The van der Waals surface area contributed by atoms with Crippen molar-refractivity contribution in [2.24, 2.45) is 5.41 Å². The van der Waals surface area contributed by atoms with Crippen molar-refractivity contribution in [1.82, 2.24) is 4.90 Å². The number of hydrogen-bond acceptors (Lipinski definition) is 2. The van der Waals surface area contributed by atoms with Crippen LogP contribution in [-0.4, -0.2) is 36.8 Å². The summed E-state index contributed by atoms with van der Waals surface area (Å²) in [4.78, 5) is 2.15. The number of nitrogens with zero attached hydrogens (tertiary/aromatic N) is 1. The average Bonchev–Trinajstić information content (AvgIpc) is 2.31. The van der Waals surface area contributed by atoms with E-state index in [1.165, 1.54) is 12.1 Å². The van der Waals surface area contributed by atoms with E-state index in [0.717, 1.165) is 18.7 Å². The van der Waals surface area contributed by atoms with E-state index in [9.17, 15) is 9.50 Å². The van der Waals surface area contributed by atoms with Crippen LogP contribution in [-0.2, 0) is 0 Å². The summed E-state index contributed by atoms with van der Waals surface area (Å²) in [6.07, 6.45) is 4.02. The molecule has 18 heavy (non-hydrogen) atoms. The summed E-state index contributed by atoms with van der Waals surface area (Å²) in [6.45, 7) is 5.89. The lowest BCUT2D eigenvalue weighted by Crippen LogP contribution is -2.33. The van der Waals surface area contributed by atoms with Crippen LogP contribution in [0, 0.1) is 11.2 Å². The molecule has 100 valence electrons. The fourth-order valence-electron chi connectivity index (χ4n) is 1.79. The van der Waals surface area contributed by atoms with Crippen molar-refractivity contribution in [3.63, 3.8) is 0 Å². The van der Waals surface area contributed by atoms with Gasteiger partial charge in [-0.05, 0) is 24.7 Å². The van der Waals surface area contributed by atoms with Gasteiger partial charge in [0, 0.05) is 25.1 Å². The van der Waals surface area contributed by atoms with Gasteiger partial charge < -0.3 is 10.0 Å². The molecule has 0 saturated carbocycles. The Balaban J connectivity index is 2.42. The van der Waals surface area contributed by atoms with Gasteiger partial charge in [0.15, 0.2) is 0 Å². The molecule has 0 spiro atoms. The number of aliphatic hydroxyl groups is 1. The molecule has 1 aromatic carbocycles. The largest absolute Gasteiger partial charge is 0.396 e. The Morgan fingerprint density at radius 2 is 1.89 bits per heavy atom. The second-order valence-electron chi connectivity index (χ2n) is 5.47. The highest BCUT2D eigenvalue weighted by Crippen LogP contribution is 2.14. The first-order valence-corrected chi connectivity index (χ1v) is 6.14. The van der Waals surface area contributed by atoms with Crippen LogP contribution in [0.3, 0.4) is 0 Å². The number of benzene rings is 1. The van der Waals surface area contributed by atoms with Crippen molar-refractivity contribution in [3.8, 4) is 0 Å². The topological polar surface area (TPSA) is 23.5 Å². The molecule has 0 saturated heterocycles. The molecule has 0 aromatic heterocycles. The van der Waals surface area contributed by atoms with E-state index >= 15 is 0 Å². The highest BCUT2D eigenvalue weighted by molar-refractivity contribution is 5.48. The molecule has 1 aromatic rings. The first-order chi connectivity index (χ1) is 8.43. The van der Waals surface area contributed by atoms with Gasteiger partial charge in [-0.15, -0.1) is 0 Å². The molecule has 3 heteroatoms. The van der Waals surface area contributed by atoms with Crippen LogP contribution in [0.4, 0.5) is 4.39 Å². The van der Waals surface area contributed by atoms with Crippen LogP contribution in [0.25, 0.3) is 6.08 Å². The summed E-state index contributed by atoms with van der Waals surface area (Å²) in [6, 6.07) is 6.42. The van der Waals surface area contributed by atoms with Crippen LogP contribution in [0.2, 0.25) is 0 Å². The molecule has 0 unspecified atom stereocenters. The summed E-state index contributed by atoms with van der Waals surface area (Å²) in [5, 5.41) is 9.19. The van der Waals surface area contributed by atoms with Crippen LogP contribution in [0.5, 0.6) is 0 Å². The molecule has 1 rings (SSSR count). The zero-order valence-electron chi connectivity index (χ0n) is 11.4. The van der Waals surface area contributed by atoms with Crippen molar-refractivity contribution in [2.45, 2.75) is 13.8 Å². The van der Waals surface area contributed by atoms with Crippen molar-refractivity contribution in [3.05, 3.63) is 41.7 Å². The zero-order chi connectivity index (χ0) is 13.6. The maximum Gasteiger partial charge on any atom is 0.123 e. The lowest BCUT2D eigenvalue weighted by atomic mass is 9.94. The molecule has 0 heterocycles. The van der Waals surface area contributed by atoms with E-state index in [2.05, 4.69) is 4.90 Å². The minimum atomic E-state index is -0.214. The Kier molecular flexibility index (Phi) is 5.51. The predicted octanol–water partition coefficient (Wildman–Crippen LogP) is 2.79. The van der Waals surface area contributed by atoms with Crippen molar-refractivity contribution in [2.75, 3.05) is 26.7 Å². The molecule has 2 nitrogen and oxygen atoms in total. The van der Waals surface area contributed by atoms with E-state index in [0.29, 0.717) is 0 Å². The van der Waals surface area contributed by atoms with Gasteiger partial charge in [0.1, 0.15) is 5.82 Å². The molecular weight excluding hydrogens is 229 g/mol. The molecule has 0 fully saturated rings. The fraction of sp³-hybridized carbons (Fsp3) is 0.467. The van der Waals surface area contributed by atoms with Crippen molar-refractivity contribution < 1.29 is 9.50 Å². The van der Waals surface area contributed by atoms with Gasteiger partial charge in [0.25, 0.3) is 0 Å². The van der Waals surface area contributed by atoms with E-state index in [4.69, 9.17) is 0 Å². The molecule has 0 radical (unpaired) electrons. The van der Waals surface area contributed by atoms with Gasteiger partial charge in [-0.25, -0.2) is 4.39 Å². The van der Waals surface area contributed by atoms with Gasteiger partial charge in [0.2, 0.25) is 0 Å². The number of likely N-dealkylation sites (N-methyl/N-ethyl adjacent to an activating group) is 1. The minimum Gasteiger partial charge on any atom is -0.396 e. The highest BCUT2D eigenvalue weighted by Gasteiger charge is 2.17. The second kappa shape index (κ2) is 6.66. The lowest BCUT2D eigenvalue weighted by Gasteiger charge is -2.27. The first-order valence-electron chi connectivity index (χ1n) is 6.14. The predicted molar refractivity (Wildman–Crippen MR) is 73.8 cm³/mol. The van der Waals surface area contributed by atoms with Crippen molar-refractivity contribution >= 4 is 6.08 Å². The van der Waals surface area contributed by atoms with Gasteiger partial charge in [-0.3, -0.25) is 0 Å². The standard InChI is InChI=1S/C15H22FNO/c1-15(2,12-18)11-17(3)10-4-5-13-6-8-14(16)9-7-13/h4-9,18H,10-12H2,1-3H3/b5-4+. The number of rotatable bonds is 6. The van der Waals surface area contributed by atoms with E-state index < -0.39 is 0 Å². The third kappa shape index (κ3) is 5.43. The fourth-order valence-corrected chi connectivity index (χ4v) is 1.79. The summed E-state index contributed by atoms with van der Waals surface area (Å²) < 4.78 is 12.7. The molecule has 0 aliphatic heterocycles. The highest BCUT2D eigenvalue weighted by atomic mass is 19.1. The summed E-state index contributed by atoms with van der Waals surface area (Å²) in [5.74, 6) is -0.214. The Bertz CT molecular complexity index is 384. The van der Waals surface area contributed by atoms with E-state index in [-0.39, 0.29) is 17.8 Å². The summed E-state index contributed by atoms with van der Waals surface area (Å²) in [7, 11) is 2.02. The average molecular weight is 251 g/mol. The summed E-state index contributed by atoms with van der Waals surface area (Å²) in [5.41, 5.74) is 0.907. The maximum absolute atomic E-state index is 12.7. The maximum atomic E-state index is 12.7. The molecule has 0 aliphatic rings. The Morgan fingerprint density at radius 3 is 2.44 bits per heavy atom. The van der Waals surface area contributed by atoms with Crippen LogP contribution in [0.1, 0.15) is 19.4 Å². The minimum absolute atomic E-state index is 0.0849. The third-order valence-electron chi connectivity index (χ3n) is 2.72. The smallest absolute Gasteiger partial charge is 0.123 e. The van der Waals surface area contributed by atoms with Gasteiger partial charge in [-0.1, -0.05) is 38.1 Å². The number of halogens is 1. The van der Waals surface area contributed by atoms with Crippen molar-refractivity contribution in [1.29, 1.82) is 0 Å². The first kappa shape index (κ1) is 14.9. The van der Waals surface area contributed by atoms with E-state index in [1.807, 2.05) is 33.0 Å². The zero-order valence-corrected chi connectivity index (χ0v) is 11.4. The molecule has 1 N–H and O–H groups in total. The molecule has 0 amide bonds. The lowest BCUT2D eigenvalue weighted by molar-refractivity contribution is 0.120. The Labute approximate surface area is 109 Å². The van der Waals surface area contributed by atoms with Crippen LogP contribution in [0.15, 0.2) is 30.3 Å². The van der Waals surface area contributed by atoms with E-state index in [1.54, 1.807) is 12.1 Å². The molecule has 0 atom stereocenters. The SMILES string of the molecule is CN(C/C=C/c1ccc(F)cc1)CC(C)(C)CO. The monoisotopic (exact) mass is 251 g/mol. The number of aliphatic hydroxyl groups excluding tert-OH is 1. The van der Waals surface area contributed by atoms with Gasteiger partial charge >= 0.3 is 0 Å². The normalized spacial score (nSPS) is 12.6. The third-order valence-corrected chi connectivity index (χ3v) is 2.72. The number of hydrogen-bond donors (Lipinski definition) is 1. The van der Waals surface area contributed by atoms with Gasteiger partial charge in [0.05, 0.1) is 0 Å².